The number of hydrogen-bond donors (Lipinski definition) is 2. The van der Waals surface area contributed by atoms with Crippen molar-refractivity contribution in [2.75, 3.05) is 19.2 Å². The third-order valence-electron chi connectivity index (χ3n) is 3.07. The molecule has 6 nitrogen and oxygen atoms in total. The van der Waals surface area contributed by atoms with E-state index in [1.807, 2.05) is 0 Å². The molecule has 0 unspecified atom stereocenters. The van der Waals surface area contributed by atoms with Gasteiger partial charge < -0.3 is 24.6 Å². The van der Waals surface area contributed by atoms with Gasteiger partial charge in [0.15, 0.2) is 23.0 Å². The molecule has 2 N–H and O–H groups in total. The van der Waals surface area contributed by atoms with Crippen LogP contribution in [0.25, 0.3) is 0 Å². The van der Waals surface area contributed by atoms with Gasteiger partial charge in [0.2, 0.25) is 6.79 Å². The van der Waals surface area contributed by atoms with Crippen LogP contribution in [0, 0.1) is 0 Å². The smallest absolute Gasteiger partial charge is 0.255 e. The van der Waals surface area contributed by atoms with Gasteiger partial charge in [0, 0.05) is 17.3 Å². The number of carbonyl (C=O) groups excluding carboxylic acids is 1. The van der Waals surface area contributed by atoms with Crippen LogP contribution in [0.5, 0.6) is 23.0 Å². The number of hydrogen-bond acceptors (Lipinski definition) is 5. The summed E-state index contributed by atoms with van der Waals surface area (Å²) in [6.45, 7) is 0.180. The lowest BCUT2D eigenvalue weighted by atomic mass is 10.2. The third kappa shape index (κ3) is 2.55. The molecule has 0 fully saturated rings. The first kappa shape index (κ1) is 13.1. The molecule has 2 aromatic carbocycles. The fraction of sp³-hybridized carbons (Fsp3) is 0.133. The van der Waals surface area contributed by atoms with Gasteiger partial charge in [-0.25, -0.2) is 0 Å². The molecule has 1 heterocycles. The van der Waals surface area contributed by atoms with Gasteiger partial charge in [0.25, 0.3) is 5.91 Å². The Morgan fingerprint density at radius 3 is 2.76 bits per heavy atom. The summed E-state index contributed by atoms with van der Waals surface area (Å²) in [4.78, 5) is 12.1. The number of phenolic OH excluding ortho intramolecular Hbond substituents is 1. The molecule has 3 rings (SSSR count). The zero-order chi connectivity index (χ0) is 14.8. The van der Waals surface area contributed by atoms with Crippen molar-refractivity contribution in [3.8, 4) is 23.0 Å². The van der Waals surface area contributed by atoms with Crippen LogP contribution in [-0.2, 0) is 0 Å². The van der Waals surface area contributed by atoms with E-state index in [0.717, 1.165) is 0 Å². The zero-order valence-corrected chi connectivity index (χ0v) is 11.3. The minimum atomic E-state index is -0.341. The number of ether oxygens (including phenoxy) is 3. The summed E-state index contributed by atoms with van der Waals surface area (Å²) in [7, 11) is 1.45. The Labute approximate surface area is 120 Å². The number of fused-ring (bicyclic) bond motifs is 1. The molecule has 0 aliphatic carbocycles. The molecule has 0 aromatic heterocycles. The number of anilines is 1. The van der Waals surface area contributed by atoms with E-state index in [1.54, 1.807) is 24.3 Å². The molecule has 2 aromatic rings. The summed E-state index contributed by atoms with van der Waals surface area (Å²) in [6, 6.07) is 9.58. The van der Waals surface area contributed by atoms with Gasteiger partial charge in [0.05, 0.1) is 7.11 Å². The first-order valence-electron chi connectivity index (χ1n) is 6.25. The summed E-state index contributed by atoms with van der Waals surface area (Å²) in [5.74, 6) is 1.12. The maximum absolute atomic E-state index is 12.1. The van der Waals surface area contributed by atoms with E-state index in [2.05, 4.69) is 5.32 Å². The van der Waals surface area contributed by atoms with E-state index in [1.165, 1.54) is 19.2 Å². The first-order valence-corrected chi connectivity index (χ1v) is 6.25. The highest BCUT2D eigenvalue weighted by Crippen LogP contribution is 2.34. The van der Waals surface area contributed by atoms with E-state index in [4.69, 9.17) is 14.2 Å². The topological polar surface area (TPSA) is 77.0 Å². The Morgan fingerprint density at radius 1 is 1.19 bits per heavy atom. The number of benzene rings is 2. The minimum Gasteiger partial charge on any atom is -0.504 e. The van der Waals surface area contributed by atoms with Crippen LogP contribution < -0.4 is 19.5 Å². The van der Waals surface area contributed by atoms with Gasteiger partial charge in [-0.2, -0.15) is 0 Å². The number of rotatable bonds is 3. The molecule has 21 heavy (non-hydrogen) atoms. The van der Waals surface area contributed by atoms with Gasteiger partial charge >= 0.3 is 0 Å². The van der Waals surface area contributed by atoms with Crippen molar-refractivity contribution in [1.29, 1.82) is 0 Å². The van der Waals surface area contributed by atoms with E-state index in [0.29, 0.717) is 28.5 Å². The Morgan fingerprint density at radius 2 is 2.00 bits per heavy atom. The molecule has 108 valence electrons. The average molecular weight is 287 g/mol. The van der Waals surface area contributed by atoms with E-state index < -0.39 is 0 Å². The number of methoxy groups -OCH3 is 1. The number of aromatic hydroxyl groups is 1. The van der Waals surface area contributed by atoms with Crippen LogP contribution in [0.2, 0.25) is 0 Å². The Kier molecular flexibility index (Phi) is 3.27. The monoisotopic (exact) mass is 287 g/mol. The molecule has 0 radical (unpaired) electrons. The SMILES string of the molecule is COc1ccc(C(=O)Nc2ccc3c(c2)OCO3)cc1O. The number of phenols is 1. The molecule has 0 atom stereocenters. The van der Waals surface area contributed by atoms with Crippen molar-refractivity contribution >= 4 is 11.6 Å². The minimum absolute atomic E-state index is 0.0872. The molecular formula is C15H13NO5. The first-order chi connectivity index (χ1) is 10.2. The van der Waals surface area contributed by atoms with Crippen LogP contribution in [-0.4, -0.2) is 24.9 Å². The summed E-state index contributed by atoms with van der Waals surface area (Å²) in [5, 5.41) is 12.4. The quantitative estimate of drug-likeness (QED) is 0.906. The molecule has 0 saturated carbocycles. The van der Waals surface area contributed by atoms with Crippen LogP contribution in [0.15, 0.2) is 36.4 Å². The molecule has 1 amide bonds. The highest BCUT2D eigenvalue weighted by atomic mass is 16.7. The van der Waals surface area contributed by atoms with Crippen molar-refractivity contribution in [2.45, 2.75) is 0 Å². The van der Waals surface area contributed by atoms with Crippen molar-refractivity contribution in [3.05, 3.63) is 42.0 Å². The molecule has 0 bridgehead atoms. The summed E-state index contributed by atoms with van der Waals surface area (Å²) in [6.07, 6.45) is 0. The Hall–Kier alpha value is -2.89. The summed E-state index contributed by atoms with van der Waals surface area (Å²) in [5.41, 5.74) is 0.908. The maximum Gasteiger partial charge on any atom is 0.255 e. The fourth-order valence-corrected chi connectivity index (χ4v) is 2.01. The Bertz CT molecular complexity index is 698. The van der Waals surface area contributed by atoms with E-state index >= 15 is 0 Å². The molecule has 1 aliphatic rings. The predicted molar refractivity (Wildman–Crippen MR) is 75.2 cm³/mol. The van der Waals surface area contributed by atoms with Crippen molar-refractivity contribution in [3.63, 3.8) is 0 Å². The largest absolute Gasteiger partial charge is 0.504 e. The summed E-state index contributed by atoms with van der Waals surface area (Å²) < 4.78 is 15.4. The normalized spacial score (nSPS) is 12.0. The van der Waals surface area contributed by atoms with E-state index in [9.17, 15) is 9.90 Å². The third-order valence-corrected chi connectivity index (χ3v) is 3.07. The van der Waals surface area contributed by atoms with Gasteiger partial charge in [0.1, 0.15) is 0 Å². The Balaban J connectivity index is 1.78. The van der Waals surface area contributed by atoms with Crippen molar-refractivity contribution in [1.82, 2.24) is 0 Å². The van der Waals surface area contributed by atoms with Crippen LogP contribution in [0.1, 0.15) is 10.4 Å². The van der Waals surface area contributed by atoms with Crippen LogP contribution in [0.3, 0.4) is 0 Å². The molecular weight excluding hydrogens is 274 g/mol. The van der Waals surface area contributed by atoms with Crippen molar-refractivity contribution < 1.29 is 24.1 Å². The lowest BCUT2D eigenvalue weighted by molar-refractivity contribution is 0.102. The molecule has 0 saturated heterocycles. The second-order valence-corrected chi connectivity index (χ2v) is 4.41. The average Bonchev–Trinajstić information content (AvgIpc) is 2.94. The standard InChI is InChI=1S/C15H13NO5/c1-19-12-4-2-9(6-11(12)17)15(18)16-10-3-5-13-14(7-10)21-8-20-13/h2-7,17H,8H2,1H3,(H,16,18). The van der Waals surface area contributed by atoms with E-state index in [-0.39, 0.29) is 18.4 Å². The second kappa shape index (κ2) is 5.24. The van der Waals surface area contributed by atoms with Gasteiger partial charge in [-0.3, -0.25) is 4.79 Å². The summed E-state index contributed by atoms with van der Waals surface area (Å²) >= 11 is 0. The van der Waals surface area contributed by atoms with Crippen LogP contribution in [0.4, 0.5) is 5.69 Å². The lowest BCUT2D eigenvalue weighted by Crippen LogP contribution is -2.11. The van der Waals surface area contributed by atoms with Gasteiger partial charge in [-0.1, -0.05) is 0 Å². The molecule has 0 spiro atoms. The fourth-order valence-electron chi connectivity index (χ4n) is 2.01. The highest BCUT2D eigenvalue weighted by molar-refractivity contribution is 6.04. The second-order valence-electron chi connectivity index (χ2n) is 4.41. The van der Waals surface area contributed by atoms with Gasteiger partial charge in [-0.05, 0) is 30.3 Å². The maximum atomic E-state index is 12.1. The highest BCUT2D eigenvalue weighted by Gasteiger charge is 2.15. The predicted octanol–water partition coefficient (Wildman–Crippen LogP) is 2.38. The number of nitrogens with one attached hydrogen (secondary N) is 1. The van der Waals surface area contributed by atoms with Gasteiger partial charge in [-0.15, -0.1) is 0 Å². The van der Waals surface area contributed by atoms with Crippen LogP contribution >= 0.6 is 0 Å². The van der Waals surface area contributed by atoms with Crippen molar-refractivity contribution in [2.24, 2.45) is 0 Å². The number of amides is 1. The molecule has 1 aliphatic heterocycles. The molecule has 6 heteroatoms. The lowest BCUT2D eigenvalue weighted by Gasteiger charge is -2.08. The number of carbonyl (C=O) groups is 1. The zero-order valence-electron chi connectivity index (χ0n) is 11.3.